The Morgan fingerprint density at radius 2 is 1.86 bits per heavy atom. The number of benzene rings is 1. The van der Waals surface area contributed by atoms with Gasteiger partial charge in [0.05, 0.1) is 0 Å². The Bertz CT molecular complexity index is 901. The van der Waals surface area contributed by atoms with E-state index >= 15 is 0 Å². The van der Waals surface area contributed by atoms with E-state index in [4.69, 9.17) is 11.6 Å². The number of amides is 4. The molecule has 1 aliphatic carbocycles. The van der Waals surface area contributed by atoms with Crippen molar-refractivity contribution in [3.05, 3.63) is 34.9 Å². The summed E-state index contributed by atoms with van der Waals surface area (Å²) in [5.41, 5.74) is -0.451. The Morgan fingerprint density at radius 3 is 2.55 bits per heavy atom. The molecule has 1 aromatic carbocycles. The normalized spacial score (nSPS) is 33.2. The van der Waals surface area contributed by atoms with Crippen LogP contribution in [0.2, 0.25) is 5.02 Å². The minimum absolute atomic E-state index is 0.103. The van der Waals surface area contributed by atoms with Crippen LogP contribution in [0.15, 0.2) is 24.3 Å². The van der Waals surface area contributed by atoms with E-state index in [1.165, 1.54) is 0 Å². The van der Waals surface area contributed by atoms with Crippen molar-refractivity contribution in [2.75, 3.05) is 13.1 Å². The lowest BCUT2D eigenvalue weighted by molar-refractivity contribution is -0.139. The molecule has 0 spiro atoms. The van der Waals surface area contributed by atoms with Crippen LogP contribution >= 0.6 is 11.6 Å². The van der Waals surface area contributed by atoms with Crippen LogP contribution in [0.5, 0.6) is 0 Å². The third-order valence-electron chi connectivity index (χ3n) is 6.72. The number of hydrogen-bond acceptors (Lipinski definition) is 3. The van der Waals surface area contributed by atoms with E-state index in [0.717, 1.165) is 24.2 Å². The first-order valence-corrected chi connectivity index (χ1v) is 10.5. The van der Waals surface area contributed by atoms with Gasteiger partial charge in [-0.05, 0) is 43.1 Å². The maximum Gasteiger partial charge on any atom is 0.325 e. The first-order valence-electron chi connectivity index (χ1n) is 10.1. The highest BCUT2D eigenvalue weighted by Gasteiger charge is 2.53. The number of imide groups is 1. The molecule has 7 heteroatoms. The number of hydrogen-bond donors (Lipinski definition) is 1. The highest BCUT2D eigenvalue weighted by molar-refractivity contribution is 6.32. The fourth-order valence-electron chi connectivity index (χ4n) is 5.87. The third kappa shape index (κ3) is 3.31. The molecule has 6 nitrogen and oxygen atoms in total. The zero-order valence-electron chi connectivity index (χ0n) is 17.4. The van der Waals surface area contributed by atoms with Crippen molar-refractivity contribution < 1.29 is 14.4 Å². The fourth-order valence-corrected chi connectivity index (χ4v) is 6.19. The molecular formula is C22H28ClN3O3. The summed E-state index contributed by atoms with van der Waals surface area (Å²) in [4.78, 5) is 41.8. The van der Waals surface area contributed by atoms with E-state index in [0.29, 0.717) is 17.1 Å². The average Bonchev–Trinajstić information content (AvgIpc) is 2.99. The molecule has 1 aromatic rings. The molecule has 4 rings (SSSR count). The van der Waals surface area contributed by atoms with E-state index in [1.54, 1.807) is 31.2 Å². The maximum absolute atomic E-state index is 13.1. The van der Waals surface area contributed by atoms with Gasteiger partial charge >= 0.3 is 6.03 Å². The van der Waals surface area contributed by atoms with Gasteiger partial charge in [0.15, 0.2) is 0 Å². The largest absolute Gasteiger partial charge is 0.338 e. The Morgan fingerprint density at radius 1 is 1.17 bits per heavy atom. The van der Waals surface area contributed by atoms with Crippen LogP contribution in [0, 0.1) is 10.8 Å². The molecule has 2 aliphatic heterocycles. The predicted molar refractivity (Wildman–Crippen MR) is 110 cm³/mol. The first-order chi connectivity index (χ1) is 13.4. The molecule has 3 aliphatic rings. The number of likely N-dealkylation sites (tertiary alicyclic amines) is 1. The molecule has 1 saturated carbocycles. The summed E-state index contributed by atoms with van der Waals surface area (Å²) in [6, 6.07) is 6.56. The molecule has 0 aromatic heterocycles. The molecular weight excluding hydrogens is 390 g/mol. The lowest BCUT2D eigenvalue weighted by Crippen LogP contribution is -2.46. The second-order valence-corrected chi connectivity index (χ2v) is 10.6. The van der Waals surface area contributed by atoms with Crippen molar-refractivity contribution in [2.24, 2.45) is 10.8 Å². The molecule has 3 fully saturated rings. The molecule has 29 heavy (non-hydrogen) atoms. The summed E-state index contributed by atoms with van der Waals surface area (Å²) >= 11 is 6.27. The van der Waals surface area contributed by atoms with E-state index in [1.807, 2.05) is 4.90 Å². The summed E-state index contributed by atoms with van der Waals surface area (Å²) < 4.78 is 0. The summed E-state index contributed by atoms with van der Waals surface area (Å²) in [5.74, 6) is -0.610. The lowest BCUT2D eigenvalue weighted by atomic mass is 9.65. The van der Waals surface area contributed by atoms with Gasteiger partial charge < -0.3 is 10.2 Å². The molecule has 3 atom stereocenters. The zero-order chi connectivity index (χ0) is 21.2. The Balaban J connectivity index is 1.53. The standard InChI is InChI=1S/C22H28ClN3O3/c1-20(2)9-14-10-21(3,12-20)13-26(14)17(27)11-25-18(28)22(4,24-19(25)29)15-7-5-6-8-16(15)23/h5-8,14H,9-13H2,1-4H3,(H,24,29)/t14-,21-,22+/m0/s1. The SMILES string of the molecule is CC1(C)C[C@H]2C[C@](C)(CN2C(=O)CN2C(=O)N[C@](C)(c3ccccc3Cl)C2=O)C1. The van der Waals surface area contributed by atoms with Gasteiger partial charge in [0.25, 0.3) is 5.91 Å². The van der Waals surface area contributed by atoms with Crippen LogP contribution in [0.25, 0.3) is 0 Å². The van der Waals surface area contributed by atoms with Crippen LogP contribution in [-0.2, 0) is 15.1 Å². The van der Waals surface area contributed by atoms with E-state index in [2.05, 4.69) is 26.1 Å². The lowest BCUT2D eigenvalue weighted by Gasteiger charge is -2.39. The second-order valence-electron chi connectivity index (χ2n) is 10.2. The quantitative estimate of drug-likeness (QED) is 0.765. The summed E-state index contributed by atoms with van der Waals surface area (Å²) in [7, 11) is 0. The van der Waals surface area contributed by atoms with Gasteiger partial charge in [0, 0.05) is 23.2 Å². The summed E-state index contributed by atoms with van der Waals surface area (Å²) in [5, 5.41) is 3.14. The monoisotopic (exact) mass is 417 g/mol. The highest BCUT2D eigenvalue weighted by Crippen LogP contribution is 2.52. The maximum atomic E-state index is 13.1. The number of urea groups is 1. The first kappa shape index (κ1) is 20.2. The molecule has 0 unspecified atom stereocenters. The Hall–Kier alpha value is -2.08. The van der Waals surface area contributed by atoms with Crippen molar-refractivity contribution in [3.8, 4) is 0 Å². The number of halogens is 1. The van der Waals surface area contributed by atoms with Gasteiger partial charge in [-0.15, -0.1) is 0 Å². The van der Waals surface area contributed by atoms with E-state index in [-0.39, 0.29) is 29.3 Å². The highest BCUT2D eigenvalue weighted by atomic mass is 35.5. The predicted octanol–water partition coefficient (Wildman–Crippen LogP) is 3.53. The second kappa shape index (κ2) is 6.46. The zero-order valence-corrected chi connectivity index (χ0v) is 18.2. The number of carbonyl (C=O) groups is 3. The van der Waals surface area contributed by atoms with Gasteiger partial charge in [0.1, 0.15) is 12.1 Å². The van der Waals surface area contributed by atoms with Crippen molar-refractivity contribution >= 4 is 29.4 Å². The summed E-state index contributed by atoms with van der Waals surface area (Å²) in [6.07, 6.45) is 3.01. The van der Waals surface area contributed by atoms with Crippen LogP contribution in [0.3, 0.4) is 0 Å². The average molecular weight is 418 g/mol. The van der Waals surface area contributed by atoms with Crippen LogP contribution in [0.1, 0.15) is 52.5 Å². The van der Waals surface area contributed by atoms with Crippen LogP contribution in [-0.4, -0.2) is 46.8 Å². The molecule has 0 radical (unpaired) electrons. The number of carbonyl (C=O) groups excluding carboxylic acids is 3. The minimum atomic E-state index is -1.27. The summed E-state index contributed by atoms with van der Waals surface area (Å²) in [6.45, 7) is 8.81. The number of nitrogens with zero attached hydrogens (tertiary/aromatic N) is 2. The van der Waals surface area contributed by atoms with E-state index < -0.39 is 17.5 Å². The molecule has 2 heterocycles. The molecule has 4 amide bonds. The molecule has 2 saturated heterocycles. The van der Waals surface area contributed by atoms with Gasteiger partial charge in [0.2, 0.25) is 5.91 Å². The van der Waals surface area contributed by atoms with Crippen molar-refractivity contribution in [3.63, 3.8) is 0 Å². The van der Waals surface area contributed by atoms with Crippen molar-refractivity contribution in [1.82, 2.24) is 15.1 Å². The van der Waals surface area contributed by atoms with Crippen LogP contribution in [0.4, 0.5) is 4.79 Å². The van der Waals surface area contributed by atoms with Gasteiger partial charge in [-0.3, -0.25) is 14.5 Å². The van der Waals surface area contributed by atoms with E-state index in [9.17, 15) is 14.4 Å². The van der Waals surface area contributed by atoms with Crippen molar-refractivity contribution in [2.45, 2.75) is 58.5 Å². The van der Waals surface area contributed by atoms with Crippen LogP contribution < -0.4 is 5.32 Å². The topological polar surface area (TPSA) is 69.7 Å². The van der Waals surface area contributed by atoms with Gasteiger partial charge in [-0.25, -0.2) is 4.79 Å². The fraction of sp³-hybridized carbons (Fsp3) is 0.591. The van der Waals surface area contributed by atoms with Gasteiger partial charge in [-0.2, -0.15) is 0 Å². The molecule has 156 valence electrons. The molecule has 2 bridgehead atoms. The number of fused-ring (bicyclic) bond motifs is 2. The smallest absolute Gasteiger partial charge is 0.325 e. The minimum Gasteiger partial charge on any atom is -0.338 e. The number of rotatable bonds is 3. The van der Waals surface area contributed by atoms with Crippen molar-refractivity contribution in [1.29, 1.82) is 0 Å². The third-order valence-corrected chi connectivity index (χ3v) is 7.05. The Labute approximate surface area is 176 Å². The van der Waals surface area contributed by atoms with Gasteiger partial charge in [-0.1, -0.05) is 50.6 Å². The Kier molecular flexibility index (Phi) is 4.50. The number of nitrogens with one attached hydrogen (secondary N) is 1. The molecule has 1 N–H and O–H groups in total.